The van der Waals surface area contributed by atoms with Gasteiger partial charge in [0.15, 0.2) is 6.61 Å². The Morgan fingerprint density at radius 1 is 1.06 bits per heavy atom. The van der Waals surface area contributed by atoms with Crippen LogP contribution in [0, 0.1) is 0 Å². The molecule has 0 bridgehead atoms. The number of fused-ring (bicyclic) bond motifs is 1. The molecule has 2 heterocycles. The number of anilines is 4. The number of nitrogens with one attached hydrogen (secondary N) is 3. The fraction of sp³-hybridized carbons (Fsp3) is 0.217. The number of benzene rings is 2. The molecule has 0 atom stereocenters. The Bertz CT molecular complexity index is 1210. The van der Waals surface area contributed by atoms with E-state index in [4.69, 9.17) is 9.47 Å². The van der Waals surface area contributed by atoms with Gasteiger partial charge in [0, 0.05) is 17.3 Å². The van der Waals surface area contributed by atoms with E-state index in [1.807, 2.05) is 51.1 Å². The Morgan fingerprint density at radius 2 is 1.88 bits per heavy atom. The highest BCUT2D eigenvalue weighted by Gasteiger charge is 2.16. The van der Waals surface area contributed by atoms with Gasteiger partial charge < -0.3 is 20.1 Å². The number of aromatic nitrogens is 4. The van der Waals surface area contributed by atoms with Crippen molar-refractivity contribution in [1.82, 2.24) is 20.2 Å². The quantitative estimate of drug-likeness (QED) is 0.364. The normalized spacial score (nSPS) is 11.2. The summed E-state index contributed by atoms with van der Waals surface area (Å²) >= 11 is 0. The number of esters is 1. The second kappa shape index (κ2) is 8.93. The van der Waals surface area contributed by atoms with Crippen LogP contribution in [0.4, 0.5) is 23.1 Å². The van der Waals surface area contributed by atoms with Crippen molar-refractivity contribution < 1.29 is 14.3 Å². The molecule has 2 aromatic heterocycles. The van der Waals surface area contributed by atoms with E-state index in [2.05, 4.69) is 30.8 Å². The van der Waals surface area contributed by atoms with Crippen LogP contribution >= 0.6 is 0 Å². The smallest absolute Gasteiger partial charge is 0.344 e. The molecule has 0 saturated carbocycles. The topological polar surface area (TPSA) is 114 Å². The number of carbonyl (C=O) groups excluding carboxylic acids is 1. The van der Waals surface area contributed by atoms with Gasteiger partial charge in [-0.25, -0.2) is 9.78 Å². The molecule has 0 saturated heterocycles. The summed E-state index contributed by atoms with van der Waals surface area (Å²) in [7, 11) is 0. The molecule has 4 rings (SSSR count). The van der Waals surface area contributed by atoms with Crippen molar-refractivity contribution in [2.75, 3.05) is 17.2 Å². The average molecular weight is 432 g/mol. The maximum atomic E-state index is 11.8. The number of hydrogen-bond donors (Lipinski definition) is 3. The van der Waals surface area contributed by atoms with E-state index in [9.17, 15) is 4.79 Å². The number of aromatic amines is 1. The van der Waals surface area contributed by atoms with Crippen molar-refractivity contribution in [3.8, 4) is 5.75 Å². The summed E-state index contributed by atoms with van der Waals surface area (Å²) in [4.78, 5) is 20.6. The van der Waals surface area contributed by atoms with E-state index in [1.54, 1.807) is 30.6 Å². The monoisotopic (exact) mass is 432 g/mol. The maximum Gasteiger partial charge on any atom is 0.344 e. The molecule has 0 aliphatic rings. The second-order valence-electron chi connectivity index (χ2n) is 8.05. The zero-order valence-corrected chi connectivity index (χ0v) is 18.0. The summed E-state index contributed by atoms with van der Waals surface area (Å²) < 4.78 is 10.7. The van der Waals surface area contributed by atoms with Gasteiger partial charge in [0.1, 0.15) is 17.2 Å². The van der Waals surface area contributed by atoms with Crippen molar-refractivity contribution in [1.29, 1.82) is 0 Å². The fourth-order valence-corrected chi connectivity index (χ4v) is 2.98. The van der Waals surface area contributed by atoms with Gasteiger partial charge >= 0.3 is 5.97 Å². The second-order valence-corrected chi connectivity index (χ2v) is 8.05. The number of ether oxygens (including phenoxy) is 2. The minimum atomic E-state index is -0.539. The minimum Gasteiger partial charge on any atom is -0.482 e. The molecule has 0 amide bonds. The number of H-pyrrole nitrogens is 1. The molecule has 9 nitrogen and oxygen atoms in total. The first-order chi connectivity index (χ1) is 15.4. The number of rotatable bonds is 7. The summed E-state index contributed by atoms with van der Waals surface area (Å²) in [5.41, 5.74) is 2.08. The van der Waals surface area contributed by atoms with E-state index >= 15 is 0 Å². The standard InChI is InChI=1S/C23H24N6O3/c1-23(2,3)32-21(30)14-31-16-9-7-15(8-10-16)26-22-24-12-11-20(28-22)27-18-5-4-6-19-17(18)13-25-29-19/h4-13H,14H2,1-3H3,(H,25,29)(H2,24,26,27,28). The fourth-order valence-electron chi connectivity index (χ4n) is 2.98. The Morgan fingerprint density at radius 3 is 2.66 bits per heavy atom. The Labute approximate surface area is 185 Å². The lowest BCUT2D eigenvalue weighted by Crippen LogP contribution is -2.27. The van der Waals surface area contributed by atoms with Crippen LogP contribution in [-0.4, -0.2) is 38.3 Å². The van der Waals surface area contributed by atoms with Gasteiger partial charge in [0.25, 0.3) is 0 Å². The summed E-state index contributed by atoms with van der Waals surface area (Å²) in [6.45, 7) is 5.30. The van der Waals surface area contributed by atoms with Crippen molar-refractivity contribution in [2.24, 2.45) is 0 Å². The van der Waals surface area contributed by atoms with E-state index in [-0.39, 0.29) is 6.61 Å². The van der Waals surface area contributed by atoms with Crippen LogP contribution in [0.5, 0.6) is 5.75 Å². The highest BCUT2D eigenvalue weighted by atomic mass is 16.6. The van der Waals surface area contributed by atoms with Crippen LogP contribution in [0.1, 0.15) is 20.8 Å². The highest BCUT2D eigenvalue weighted by Crippen LogP contribution is 2.25. The largest absolute Gasteiger partial charge is 0.482 e. The SMILES string of the molecule is CC(C)(C)OC(=O)COc1ccc(Nc2nccc(Nc3cccc4[nH]ncc34)n2)cc1. The van der Waals surface area contributed by atoms with E-state index in [0.717, 1.165) is 22.3 Å². The van der Waals surface area contributed by atoms with Crippen molar-refractivity contribution >= 4 is 40.0 Å². The Balaban J connectivity index is 1.37. The molecule has 2 aromatic carbocycles. The van der Waals surface area contributed by atoms with Gasteiger partial charge in [-0.1, -0.05) is 6.07 Å². The molecular weight excluding hydrogens is 408 g/mol. The molecule has 0 aliphatic carbocycles. The zero-order valence-electron chi connectivity index (χ0n) is 18.0. The molecular formula is C23H24N6O3. The Kier molecular flexibility index (Phi) is 5.89. The number of hydrogen-bond acceptors (Lipinski definition) is 8. The lowest BCUT2D eigenvalue weighted by molar-refractivity contribution is -0.157. The van der Waals surface area contributed by atoms with Gasteiger partial charge in [-0.05, 0) is 63.2 Å². The lowest BCUT2D eigenvalue weighted by atomic mass is 10.2. The van der Waals surface area contributed by atoms with Gasteiger partial charge in [-0.2, -0.15) is 10.1 Å². The predicted molar refractivity (Wildman–Crippen MR) is 122 cm³/mol. The molecule has 164 valence electrons. The van der Waals surface area contributed by atoms with Crippen LogP contribution in [0.3, 0.4) is 0 Å². The van der Waals surface area contributed by atoms with Gasteiger partial charge in [-0.15, -0.1) is 0 Å². The summed E-state index contributed by atoms with van der Waals surface area (Å²) in [6.07, 6.45) is 3.44. The van der Waals surface area contributed by atoms with Crippen molar-refractivity contribution in [2.45, 2.75) is 26.4 Å². The molecule has 3 N–H and O–H groups in total. The molecule has 4 aromatic rings. The first kappa shape index (κ1) is 21.1. The number of carbonyl (C=O) groups is 1. The molecule has 0 aliphatic heterocycles. The zero-order chi connectivity index (χ0) is 22.6. The molecule has 0 radical (unpaired) electrons. The van der Waals surface area contributed by atoms with Gasteiger partial charge in [-0.3, -0.25) is 5.10 Å². The van der Waals surface area contributed by atoms with Crippen molar-refractivity contribution in [3.05, 3.63) is 60.9 Å². The summed E-state index contributed by atoms with van der Waals surface area (Å²) in [5, 5.41) is 14.5. The molecule has 0 fully saturated rings. The molecule has 9 heteroatoms. The van der Waals surface area contributed by atoms with Gasteiger partial charge in [0.05, 0.1) is 17.4 Å². The minimum absolute atomic E-state index is 0.149. The maximum absolute atomic E-state index is 11.8. The first-order valence-corrected chi connectivity index (χ1v) is 10.1. The van der Waals surface area contributed by atoms with E-state index in [1.165, 1.54) is 0 Å². The van der Waals surface area contributed by atoms with Crippen LogP contribution in [0.15, 0.2) is 60.9 Å². The summed E-state index contributed by atoms with van der Waals surface area (Å²) in [5.74, 6) is 1.24. The lowest BCUT2D eigenvalue weighted by Gasteiger charge is -2.19. The third kappa shape index (κ3) is 5.51. The predicted octanol–water partition coefficient (Wildman–Crippen LogP) is 4.56. The van der Waals surface area contributed by atoms with Crippen LogP contribution in [-0.2, 0) is 9.53 Å². The molecule has 32 heavy (non-hydrogen) atoms. The highest BCUT2D eigenvalue weighted by molar-refractivity contribution is 5.92. The third-order valence-electron chi connectivity index (χ3n) is 4.29. The van der Waals surface area contributed by atoms with E-state index in [0.29, 0.717) is 17.5 Å². The number of nitrogens with zero attached hydrogens (tertiary/aromatic N) is 3. The van der Waals surface area contributed by atoms with Gasteiger partial charge in [0.2, 0.25) is 5.95 Å². The average Bonchev–Trinajstić information content (AvgIpc) is 3.22. The first-order valence-electron chi connectivity index (χ1n) is 10.1. The Hall–Kier alpha value is -4.14. The van der Waals surface area contributed by atoms with Crippen LogP contribution < -0.4 is 15.4 Å². The summed E-state index contributed by atoms with van der Waals surface area (Å²) in [6, 6.07) is 14.8. The van der Waals surface area contributed by atoms with Crippen LogP contribution in [0.25, 0.3) is 10.9 Å². The molecule has 0 unspecified atom stereocenters. The third-order valence-corrected chi connectivity index (χ3v) is 4.29. The van der Waals surface area contributed by atoms with Crippen LogP contribution in [0.2, 0.25) is 0 Å². The van der Waals surface area contributed by atoms with Crippen molar-refractivity contribution in [3.63, 3.8) is 0 Å². The molecule has 0 spiro atoms. The van der Waals surface area contributed by atoms with E-state index < -0.39 is 11.6 Å².